The third kappa shape index (κ3) is 2.44. The first-order valence-corrected chi connectivity index (χ1v) is 5.72. The van der Waals surface area contributed by atoms with Gasteiger partial charge in [0.2, 0.25) is 0 Å². The normalized spacial score (nSPS) is 22.5. The monoisotopic (exact) mass is 203 g/mol. The Bertz CT molecular complexity index is 359. The topological polar surface area (TPSA) is 30.0 Å². The van der Waals surface area contributed by atoms with Crippen LogP contribution in [0.2, 0.25) is 0 Å². The van der Waals surface area contributed by atoms with Gasteiger partial charge in [-0.15, -0.1) is 0 Å². The second-order valence-electron chi connectivity index (χ2n) is 4.35. The zero-order valence-electron chi connectivity index (χ0n) is 9.20. The predicted molar refractivity (Wildman–Crippen MR) is 59.8 cm³/mol. The molecule has 1 atom stereocenters. The van der Waals surface area contributed by atoms with E-state index in [-0.39, 0.29) is 5.92 Å². The fraction of sp³-hybridized carbons (Fsp3) is 0.538. The molecule has 80 valence electrons. The highest BCUT2D eigenvalue weighted by Gasteiger charge is 2.22. The van der Waals surface area contributed by atoms with Gasteiger partial charge in [-0.3, -0.25) is 9.78 Å². The molecule has 2 heteroatoms. The van der Waals surface area contributed by atoms with Crippen LogP contribution in [-0.2, 0) is 4.79 Å². The molecule has 0 aromatic carbocycles. The molecule has 2 rings (SSSR count). The second kappa shape index (κ2) is 4.56. The molecular formula is C13H17NO. The molecule has 15 heavy (non-hydrogen) atoms. The number of ketones is 1. The minimum atomic E-state index is 0.134. The van der Waals surface area contributed by atoms with Crippen LogP contribution in [0.25, 0.3) is 0 Å². The van der Waals surface area contributed by atoms with E-state index < -0.39 is 0 Å². The van der Waals surface area contributed by atoms with Crippen LogP contribution in [0.1, 0.15) is 49.3 Å². The van der Waals surface area contributed by atoms with Gasteiger partial charge in [-0.25, -0.2) is 0 Å². The maximum absolute atomic E-state index is 11.9. The van der Waals surface area contributed by atoms with Crippen LogP contribution < -0.4 is 0 Å². The maximum Gasteiger partial charge on any atom is 0.140 e. The Kier molecular flexibility index (Phi) is 3.14. The fourth-order valence-electron chi connectivity index (χ4n) is 2.30. The third-order valence-electron chi connectivity index (χ3n) is 3.13. The molecular weight excluding hydrogens is 186 g/mol. The van der Waals surface area contributed by atoms with Gasteiger partial charge in [-0.05, 0) is 37.5 Å². The lowest BCUT2D eigenvalue weighted by atomic mass is 9.91. The van der Waals surface area contributed by atoms with Gasteiger partial charge in [-0.1, -0.05) is 12.8 Å². The number of hydrogen-bond donors (Lipinski definition) is 0. The Hall–Kier alpha value is -1.18. The fourth-order valence-corrected chi connectivity index (χ4v) is 2.30. The lowest BCUT2D eigenvalue weighted by molar-refractivity contribution is -0.120. The molecule has 1 fully saturated rings. The SMILES string of the molecule is Cc1cc(C2CCCCCC2=O)ccn1. The second-order valence-corrected chi connectivity index (χ2v) is 4.35. The number of Topliss-reactive ketones (excluding diaryl/α,β-unsaturated/α-hetero) is 1. The first-order chi connectivity index (χ1) is 7.27. The van der Waals surface area contributed by atoms with Crippen molar-refractivity contribution in [1.29, 1.82) is 0 Å². The summed E-state index contributed by atoms with van der Waals surface area (Å²) in [6, 6.07) is 4.04. The molecule has 1 aliphatic rings. The van der Waals surface area contributed by atoms with Crippen molar-refractivity contribution in [2.45, 2.75) is 44.9 Å². The number of aryl methyl sites for hydroxylation is 1. The van der Waals surface area contributed by atoms with Crippen LogP contribution in [-0.4, -0.2) is 10.8 Å². The molecule has 0 N–H and O–H groups in total. The first kappa shape index (κ1) is 10.3. The Morgan fingerprint density at radius 2 is 2.20 bits per heavy atom. The van der Waals surface area contributed by atoms with E-state index in [9.17, 15) is 4.79 Å². The molecule has 1 heterocycles. The zero-order chi connectivity index (χ0) is 10.7. The molecule has 1 aromatic heterocycles. The summed E-state index contributed by atoms with van der Waals surface area (Å²) in [6.07, 6.45) is 7.03. The Morgan fingerprint density at radius 3 is 3.00 bits per heavy atom. The van der Waals surface area contributed by atoms with Crippen LogP contribution in [0.3, 0.4) is 0 Å². The van der Waals surface area contributed by atoms with Crippen LogP contribution >= 0.6 is 0 Å². The number of carbonyl (C=O) groups excluding carboxylic acids is 1. The summed E-state index contributed by atoms with van der Waals surface area (Å²) >= 11 is 0. The molecule has 0 spiro atoms. The van der Waals surface area contributed by atoms with E-state index in [2.05, 4.69) is 4.98 Å². The predicted octanol–water partition coefficient (Wildman–Crippen LogP) is 3.01. The summed E-state index contributed by atoms with van der Waals surface area (Å²) in [4.78, 5) is 16.1. The van der Waals surface area contributed by atoms with Crippen molar-refractivity contribution in [3.8, 4) is 0 Å². The summed E-state index contributed by atoms with van der Waals surface area (Å²) in [7, 11) is 0. The van der Waals surface area contributed by atoms with Gasteiger partial charge in [0, 0.05) is 24.2 Å². The summed E-state index contributed by atoms with van der Waals surface area (Å²) in [5, 5.41) is 0. The molecule has 1 aliphatic carbocycles. The van der Waals surface area contributed by atoms with Crippen LogP contribution in [0.15, 0.2) is 18.3 Å². The Morgan fingerprint density at radius 1 is 1.33 bits per heavy atom. The number of aromatic nitrogens is 1. The van der Waals surface area contributed by atoms with Gasteiger partial charge >= 0.3 is 0 Å². The highest BCUT2D eigenvalue weighted by molar-refractivity contribution is 5.85. The molecule has 0 amide bonds. The molecule has 1 unspecified atom stereocenters. The Balaban J connectivity index is 2.24. The largest absolute Gasteiger partial charge is 0.299 e. The van der Waals surface area contributed by atoms with Crippen LogP contribution in [0, 0.1) is 6.92 Å². The van der Waals surface area contributed by atoms with Gasteiger partial charge in [-0.2, -0.15) is 0 Å². The molecule has 0 radical (unpaired) electrons. The molecule has 2 nitrogen and oxygen atoms in total. The summed E-state index contributed by atoms with van der Waals surface area (Å²) < 4.78 is 0. The summed E-state index contributed by atoms with van der Waals surface area (Å²) in [5.74, 6) is 0.548. The summed E-state index contributed by atoms with van der Waals surface area (Å²) in [5.41, 5.74) is 2.17. The number of hydrogen-bond acceptors (Lipinski definition) is 2. The lowest BCUT2D eigenvalue weighted by Crippen LogP contribution is -2.10. The van der Waals surface area contributed by atoms with Gasteiger partial charge in [0.15, 0.2) is 0 Å². The number of rotatable bonds is 1. The molecule has 0 aliphatic heterocycles. The van der Waals surface area contributed by atoms with Crippen LogP contribution in [0.4, 0.5) is 0 Å². The van der Waals surface area contributed by atoms with E-state index in [0.29, 0.717) is 5.78 Å². The molecule has 0 bridgehead atoms. The van der Waals surface area contributed by atoms with E-state index >= 15 is 0 Å². The van der Waals surface area contributed by atoms with Crippen molar-refractivity contribution in [2.24, 2.45) is 0 Å². The zero-order valence-corrected chi connectivity index (χ0v) is 9.20. The minimum Gasteiger partial charge on any atom is -0.299 e. The van der Waals surface area contributed by atoms with E-state index in [1.54, 1.807) is 0 Å². The smallest absolute Gasteiger partial charge is 0.140 e. The Labute approximate surface area is 90.7 Å². The van der Waals surface area contributed by atoms with Crippen molar-refractivity contribution in [2.75, 3.05) is 0 Å². The summed E-state index contributed by atoms with van der Waals surface area (Å²) in [6.45, 7) is 1.98. The lowest BCUT2D eigenvalue weighted by Gasteiger charge is -2.13. The average molecular weight is 203 g/mol. The highest BCUT2D eigenvalue weighted by Crippen LogP contribution is 2.28. The number of pyridine rings is 1. The van der Waals surface area contributed by atoms with Gasteiger partial charge in [0.05, 0.1) is 0 Å². The first-order valence-electron chi connectivity index (χ1n) is 5.72. The third-order valence-corrected chi connectivity index (χ3v) is 3.13. The average Bonchev–Trinajstić information content (AvgIpc) is 2.43. The molecule has 1 aromatic rings. The van der Waals surface area contributed by atoms with E-state index in [4.69, 9.17) is 0 Å². The van der Waals surface area contributed by atoms with Crippen molar-refractivity contribution >= 4 is 5.78 Å². The van der Waals surface area contributed by atoms with Crippen LogP contribution in [0.5, 0.6) is 0 Å². The molecule has 0 saturated heterocycles. The van der Waals surface area contributed by atoms with E-state index in [0.717, 1.165) is 30.5 Å². The number of nitrogens with zero attached hydrogens (tertiary/aromatic N) is 1. The minimum absolute atomic E-state index is 0.134. The van der Waals surface area contributed by atoms with Gasteiger partial charge in [0.1, 0.15) is 5.78 Å². The van der Waals surface area contributed by atoms with Crippen molar-refractivity contribution in [1.82, 2.24) is 4.98 Å². The van der Waals surface area contributed by atoms with Crippen molar-refractivity contribution in [3.63, 3.8) is 0 Å². The van der Waals surface area contributed by atoms with Crippen molar-refractivity contribution in [3.05, 3.63) is 29.6 Å². The highest BCUT2D eigenvalue weighted by atomic mass is 16.1. The number of carbonyl (C=O) groups is 1. The van der Waals surface area contributed by atoms with E-state index in [1.165, 1.54) is 12.8 Å². The van der Waals surface area contributed by atoms with Gasteiger partial charge in [0.25, 0.3) is 0 Å². The van der Waals surface area contributed by atoms with E-state index in [1.807, 2.05) is 25.3 Å². The van der Waals surface area contributed by atoms with Crippen molar-refractivity contribution < 1.29 is 4.79 Å². The van der Waals surface area contributed by atoms with Gasteiger partial charge < -0.3 is 0 Å². The quantitative estimate of drug-likeness (QED) is 0.657. The molecule has 1 saturated carbocycles. The standard InChI is InChI=1S/C13H17NO/c1-10-9-11(7-8-14-10)12-5-3-2-4-6-13(12)15/h7-9,12H,2-6H2,1H3. The maximum atomic E-state index is 11.9.